The van der Waals surface area contributed by atoms with Crippen molar-refractivity contribution in [2.24, 2.45) is 0 Å². The van der Waals surface area contributed by atoms with Crippen molar-refractivity contribution in [2.75, 3.05) is 31.2 Å². The lowest BCUT2D eigenvalue weighted by Crippen LogP contribution is -2.37. The Morgan fingerprint density at radius 3 is 2.75 bits per heavy atom. The van der Waals surface area contributed by atoms with E-state index in [1.165, 1.54) is 0 Å². The third-order valence-corrected chi connectivity index (χ3v) is 6.07. The lowest BCUT2D eigenvalue weighted by molar-refractivity contribution is 0.0950. The molecule has 1 aliphatic rings. The number of hydrogen-bond donors (Lipinski definition) is 1. The van der Waals surface area contributed by atoms with Gasteiger partial charge in [-0.3, -0.25) is 9.78 Å². The predicted octanol–water partition coefficient (Wildman–Crippen LogP) is 3.49. The highest BCUT2D eigenvalue weighted by Gasteiger charge is 2.15. The molecular weight excluding hydrogens is 422 g/mol. The van der Waals surface area contributed by atoms with Crippen LogP contribution in [0.5, 0.6) is 0 Å². The molecule has 0 saturated carbocycles. The minimum atomic E-state index is -0.110. The zero-order chi connectivity index (χ0) is 22.2. The van der Waals surface area contributed by atoms with Crippen molar-refractivity contribution >= 4 is 23.5 Å². The van der Waals surface area contributed by atoms with Gasteiger partial charge in [0.2, 0.25) is 0 Å². The molecule has 166 valence electrons. The summed E-state index contributed by atoms with van der Waals surface area (Å²) in [5.74, 6) is 1.54. The quantitative estimate of drug-likeness (QED) is 0.416. The lowest BCUT2D eigenvalue weighted by Gasteiger charge is -2.28. The summed E-state index contributed by atoms with van der Waals surface area (Å²) in [5.41, 5.74) is 3.55. The van der Waals surface area contributed by atoms with Crippen LogP contribution in [0.2, 0.25) is 0 Å². The smallest absolute Gasteiger partial charge is 0.251 e. The largest absolute Gasteiger partial charge is 0.378 e. The van der Waals surface area contributed by atoms with Crippen LogP contribution in [0.1, 0.15) is 34.2 Å². The lowest BCUT2D eigenvalue weighted by atomic mass is 10.1. The molecule has 3 aromatic rings. The third-order valence-electron chi connectivity index (χ3n) is 5.16. The van der Waals surface area contributed by atoms with Crippen molar-refractivity contribution in [3.8, 4) is 0 Å². The maximum atomic E-state index is 12.6. The second-order valence-corrected chi connectivity index (χ2v) is 8.39. The summed E-state index contributed by atoms with van der Waals surface area (Å²) >= 11 is 1.59. The van der Waals surface area contributed by atoms with Gasteiger partial charge in [0.05, 0.1) is 25.5 Å². The van der Waals surface area contributed by atoms with Crippen LogP contribution in [0.15, 0.2) is 59.9 Å². The van der Waals surface area contributed by atoms with E-state index in [1.54, 1.807) is 18.0 Å². The standard InChI is InChI=1S/C24H27N5O2S/c1-2-20-15-22(29-10-12-31-13-11-29)28-24(27-20)32-17-18-6-5-7-19(14-18)23(30)26-16-21-8-3-4-9-25-21/h3-9,14-15H,2,10-13,16-17H2,1H3,(H,26,30). The van der Waals surface area contributed by atoms with Crippen molar-refractivity contribution in [3.63, 3.8) is 0 Å². The van der Waals surface area contributed by atoms with E-state index in [0.717, 1.165) is 60.6 Å². The van der Waals surface area contributed by atoms with E-state index < -0.39 is 0 Å². The van der Waals surface area contributed by atoms with Crippen LogP contribution in [0.4, 0.5) is 5.82 Å². The van der Waals surface area contributed by atoms with Gasteiger partial charge in [-0.15, -0.1) is 0 Å². The molecule has 1 aliphatic heterocycles. The second kappa shape index (κ2) is 11.1. The van der Waals surface area contributed by atoms with Crippen molar-refractivity contribution in [1.29, 1.82) is 0 Å². The zero-order valence-electron chi connectivity index (χ0n) is 18.2. The van der Waals surface area contributed by atoms with Crippen molar-refractivity contribution in [1.82, 2.24) is 20.3 Å². The predicted molar refractivity (Wildman–Crippen MR) is 126 cm³/mol. The van der Waals surface area contributed by atoms with Crippen LogP contribution < -0.4 is 10.2 Å². The Labute approximate surface area is 192 Å². The van der Waals surface area contributed by atoms with Crippen LogP contribution in [-0.4, -0.2) is 47.2 Å². The molecule has 32 heavy (non-hydrogen) atoms. The first kappa shape index (κ1) is 22.2. The van der Waals surface area contributed by atoms with Gasteiger partial charge in [0.1, 0.15) is 5.82 Å². The van der Waals surface area contributed by atoms with Gasteiger partial charge in [-0.05, 0) is 36.2 Å². The molecule has 1 fully saturated rings. The van der Waals surface area contributed by atoms with E-state index in [4.69, 9.17) is 14.7 Å². The number of morpholine rings is 1. The molecule has 0 aliphatic carbocycles. The first-order valence-electron chi connectivity index (χ1n) is 10.8. The molecule has 0 unspecified atom stereocenters. The number of aryl methyl sites for hydroxylation is 1. The van der Waals surface area contributed by atoms with Crippen LogP contribution in [-0.2, 0) is 23.5 Å². The Bertz CT molecular complexity index is 1040. The molecule has 0 atom stereocenters. The minimum Gasteiger partial charge on any atom is -0.378 e. The molecule has 8 heteroatoms. The number of ether oxygens (including phenoxy) is 1. The fraction of sp³-hybridized carbons (Fsp3) is 0.333. The molecule has 1 saturated heterocycles. The highest BCUT2D eigenvalue weighted by atomic mass is 32.2. The Kier molecular flexibility index (Phi) is 7.68. The third kappa shape index (κ3) is 6.05. The van der Waals surface area contributed by atoms with Crippen LogP contribution in [0.25, 0.3) is 0 Å². The number of benzene rings is 1. The van der Waals surface area contributed by atoms with E-state index in [-0.39, 0.29) is 5.91 Å². The van der Waals surface area contributed by atoms with Crippen molar-refractivity contribution < 1.29 is 9.53 Å². The summed E-state index contributed by atoms with van der Waals surface area (Å²) in [5, 5.41) is 3.69. The zero-order valence-corrected chi connectivity index (χ0v) is 19.0. The molecule has 0 spiro atoms. The van der Waals surface area contributed by atoms with Crippen LogP contribution in [0, 0.1) is 0 Å². The Morgan fingerprint density at radius 2 is 1.97 bits per heavy atom. The summed E-state index contributed by atoms with van der Waals surface area (Å²) < 4.78 is 5.46. The second-order valence-electron chi connectivity index (χ2n) is 7.45. The maximum absolute atomic E-state index is 12.6. The van der Waals surface area contributed by atoms with Gasteiger partial charge in [-0.25, -0.2) is 9.97 Å². The number of thioether (sulfide) groups is 1. The van der Waals surface area contributed by atoms with Crippen LogP contribution in [0.3, 0.4) is 0 Å². The molecular formula is C24H27N5O2S. The molecule has 1 amide bonds. The SMILES string of the molecule is CCc1cc(N2CCOCC2)nc(SCc2cccc(C(=O)NCc3ccccn3)c2)n1. The fourth-order valence-corrected chi connectivity index (χ4v) is 4.20. The van der Waals surface area contributed by atoms with Crippen molar-refractivity contribution in [2.45, 2.75) is 30.8 Å². The average Bonchev–Trinajstić information content (AvgIpc) is 2.87. The van der Waals surface area contributed by atoms with E-state index in [0.29, 0.717) is 17.9 Å². The van der Waals surface area contributed by atoms with Gasteiger partial charge in [0.15, 0.2) is 5.16 Å². The number of nitrogens with zero attached hydrogens (tertiary/aromatic N) is 4. The van der Waals surface area contributed by atoms with Gasteiger partial charge in [0.25, 0.3) is 5.91 Å². The molecule has 7 nitrogen and oxygen atoms in total. The van der Waals surface area contributed by atoms with Gasteiger partial charge in [0, 0.05) is 42.4 Å². The maximum Gasteiger partial charge on any atom is 0.251 e. The van der Waals surface area contributed by atoms with Gasteiger partial charge in [-0.2, -0.15) is 0 Å². The van der Waals surface area contributed by atoms with Crippen LogP contribution >= 0.6 is 11.8 Å². The first-order chi connectivity index (χ1) is 15.7. The Morgan fingerprint density at radius 1 is 1.09 bits per heavy atom. The van der Waals surface area contributed by atoms with E-state index in [1.807, 2.05) is 42.5 Å². The van der Waals surface area contributed by atoms with Gasteiger partial charge >= 0.3 is 0 Å². The van der Waals surface area contributed by atoms with E-state index in [9.17, 15) is 4.79 Å². The first-order valence-corrected chi connectivity index (χ1v) is 11.8. The number of amides is 1. The number of hydrogen-bond acceptors (Lipinski definition) is 7. The number of pyridine rings is 1. The monoisotopic (exact) mass is 449 g/mol. The number of carbonyl (C=O) groups excluding carboxylic acids is 1. The summed E-state index contributed by atoms with van der Waals surface area (Å²) in [6.45, 7) is 5.65. The number of rotatable bonds is 8. The molecule has 3 heterocycles. The van der Waals surface area contributed by atoms with Crippen molar-refractivity contribution in [3.05, 3.63) is 77.2 Å². The van der Waals surface area contributed by atoms with E-state index in [2.05, 4.69) is 28.2 Å². The molecule has 2 aromatic heterocycles. The summed E-state index contributed by atoms with van der Waals surface area (Å²) in [4.78, 5) is 28.5. The number of anilines is 1. The average molecular weight is 450 g/mol. The Balaban J connectivity index is 1.40. The number of nitrogens with one attached hydrogen (secondary N) is 1. The highest BCUT2D eigenvalue weighted by Crippen LogP contribution is 2.24. The minimum absolute atomic E-state index is 0.110. The molecule has 1 N–H and O–H groups in total. The summed E-state index contributed by atoms with van der Waals surface area (Å²) in [6, 6.07) is 15.4. The fourth-order valence-electron chi connectivity index (χ4n) is 3.39. The van der Waals surface area contributed by atoms with E-state index >= 15 is 0 Å². The molecule has 0 radical (unpaired) electrons. The topological polar surface area (TPSA) is 80.2 Å². The molecule has 0 bridgehead atoms. The van der Waals surface area contributed by atoms with Gasteiger partial charge < -0.3 is 15.0 Å². The summed E-state index contributed by atoms with van der Waals surface area (Å²) in [6.07, 6.45) is 2.58. The number of carbonyl (C=O) groups is 1. The Hall–Kier alpha value is -2.97. The van der Waals surface area contributed by atoms with Gasteiger partial charge in [-0.1, -0.05) is 36.9 Å². The number of aromatic nitrogens is 3. The normalized spacial score (nSPS) is 13.7. The molecule has 4 rings (SSSR count). The summed E-state index contributed by atoms with van der Waals surface area (Å²) in [7, 11) is 0. The highest BCUT2D eigenvalue weighted by molar-refractivity contribution is 7.98. The molecule has 1 aromatic carbocycles.